The number of thiocarbonyl (C=S) groups is 1. The van der Waals surface area contributed by atoms with E-state index >= 15 is 0 Å². The number of halogens is 1. The van der Waals surface area contributed by atoms with Gasteiger partial charge in [-0.2, -0.15) is 0 Å². The smallest absolute Gasteiger partial charge is 0.123 e. The summed E-state index contributed by atoms with van der Waals surface area (Å²) in [6.07, 6.45) is 0. The van der Waals surface area contributed by atoms with Gasteiger partial charge in [-0.15, -0.1) is 0 Å². The van der Waals surface area contributed by atoms with Crippen molar-refractivity contribution < 1.29 is 9.13 Å². The molecule has 0 amide bonds. The van der Waals surface area contributed by atoms with Gasteiger partial charge < -0.3 is 4.74 Å². The van der Waals surface area contributed by atoms with E-state index in [2.05, 4.69) is 22.4 Å². The molecule has 0 spiro atoms. The average molecular weight is 197 g/mol. The van der Waals surface area contributed by atoms with Crippen LogP contribution in [0.15, 0.2) is 29.3 Å². The highest BCUT2D eigenvalue weighted by Crippen LogP contribution is 2.10. The first-order valence-corrected chi connectivity index (χ1v) is 4.16. The third-order valence-corrected chi connectivity index (χ3v) is 1.48. The van der Waals surface area contributed by atoms with Gasteiger partial charge in [0.1, 0.15) is 18.2 Å². The van der Waals surface area contributed by atoms with Gasteiger partial charge in [-0.3, -0.25) is 0 Å². The molecule has 0 bridgehead atoms. The summed E-state index contributed by atoms with van der Waals surface area (Å²) < 4.78 is 17.6. The van der Waals surface area contributed by atoms with Crippen LogP contribution in [-0.4, -0.2) is 18.3 Å². The van der Waals surface area contributed by atoms with E-state index in [1.165, 1.54) is 12.1 Å². The molecule has 0 fully saturated rings. The van der Waals surface area contributed by atoms with Gasteiger partial charge in [-0.05, 0) is 36.5 Å². The number of hydrogen-bond donors (Lipinski definition) is 0. The predicted octanol–water partition coefficient (Wildman–Crippen LogP) is 2.31. The van der Waals surface area contributed by atoms with Crippen LogP contribution in [0.2, 0.25) is 0 Å². The minimum atomic E-state index is -0.274. The van der Waals surface area contributed by atoms with Crippen LogP contribution in [0.3, 0.4) is 0 Å². The molecule has 0 saturated heterocycles. The van der Waals surface area contributed by atoms with E-state index in [0.717, 1.165) is 0 Å². The second-order valence-electron chi connectivity index (χ2n) is 2.28. The van der Waals surface area contributed by atoms with Crippen LogP contribution >= 0.6 is 12.2 Å². The molecule has 0 radical (unpaired) electrons. The van der Waals surface area contributed by atoms with Crippen molar-refractivity contribution in [2.75, 3.05) is 13.2 Å². The average Bonchev–Trinajstić information content (AvgIpc) is 2.15. The Hall–Kier alpha value is -1.25. The summed E-state index contributed by atoms with van der Waals surface area (Å²) in [7, 11) is 0. The van der Waals surface area contributed by atoms with Gasteiger partial charge in [-0.1, -0.05) is 0 Å². The molecular weight excluding hydrogens is 189 g/mol. The van der Waals surface area contributed by atoms with Crippen molar-refractivity contribution in [1.29, 1.82) is 0 Å². The van der Waals surface area contributed by atoms with Gasteiger partial charge in [-0.25, -0.2) is 9.38 Å². The van der Waals surface area contributed by atoms with Crippen LogP contribution in [0, 0.1) is 5.82 Å². The number of rotatable bonds is 4. The molecule has 0 atom stereocenters. The number of hydrogen-bond acceptors (Lipinski definition) is 3. The largest absolute Gasteiger partial charge is 0.492 e. The zero-order valence-electron chi connectivity index (χ0n) is 6.87. The summed E-state index contributed by atoms with van der Waals surface area (Å²) in [6.45, 7) is 0.899. The summed E-state index contributed by atoms with van der Waals surface area (Å²) in [6, 6.07) is 5.82. The predicted molar refractivity (Wildman–Crippen MR) is 51.8 cm³/mol. The first-order chi connectivity index (χ1) is 6.33. The third kappa shape index (κ3) is 3.78. The lowest BCUT2D eigenvalue weighted by atomic mass is 10.3. The molecule has 0 heterocycles. The molecule has 1 rings (SSSR count). The normalized spacial score (nSPS) is 9.00. The van der Waals surface area contributed by atoms with Crippen LogP contribution in [0.1, 0.15) is 0 Å². The Balaban J connectivity index is 2.37. The van der Waals surface area contributed by atoms with Crippen molar-refractivity contribution in [3.63, 3.8) is 0 Å². The van der Waals surface area contributed by atoms with Crippen LogP contribution in [0.25, 0.3) is 0 Å². The molecule has 0 aliphatic carbocycles. The van der Waals surface area contributed by atoms with Gasteiger partial charge in [0, 0.05) is 0 Å². The van der Waals surface area contributed by atoms with E-state index in [1.54, 1.807) is 12.1 Å². The number of benzene rings is 1. The fourth-order valence-electron chi connectivity index (χ4n) is 0.786. The highest BCUT2D eigenvalue weighted by atomic mass is 32.1. The summed E-state index contributed by atoms with van der Waals surface area (Å²) in [5, 5.41) is 2.23. The van der Waals surface area contributed by atoms with E-state index in [-0.39, 0.29) is 5.82 Å². The second-order valence-corrected chi connectivity index (χ2v) is 2.46. The summed E-state index contributed by atoms with van der Waals surface area (Å²) in [5.41, 5.74) is 0. The van der Waals surface area contributed by atoms with Crippen molar-refractivity contribution in [2.24, 2.45) is 4.99 Å². The quantitative estimate of drug-likeness (QED) is 0.419. The summed E-state index contributed by atoms with van der Waals surface area (Å²) in [5.74, 6) is 0.352. The SMILES string of the molecule is Fc1ccc(OCCN=C=S)cc1. The number of nitrogens with zero attached hydrogens (tertiary/aromatic N) is 1. The molecule has 0 unspecified atom stereocenters. The highest BCUT2D eigenvalue weighted by Gasteiger charge is 1.92. The molecule has 4 heteroatoms. The van der Waals surface area contributed by atoms with Crippen molar-refractivity contribution in [3.05, 3.63) is 30.1 Å². The Labute approximate surface area is 81.1 Å². The maximum absolute atomic E-state index is 12.4. The van der Waals surface area contributed by atoms with Gasteiger partial charge in [0.25, 0.3) is 0 Å². The van der Waals surface area contributed by atoms with Crippen molar-refractivity contribution in [2.45, 2.75) is 0 Å². The van der Waals surface area contributed by atoms with Crippen molar-refractivity contribution in [3.8, 4) is 5.75 Å². The lowest BCUT2D eigenvalue weighted by molar-refractivity contribution is 0.328. The molecule has 13 heavy (non-hydrogen) atoms. The molecule has 0 saturated carbocycles. The standard InChI is InChI=1S/C9H8FNOS/c10-8-1-3-9(4-2-8)12-6-5-11-7-13/h1-4H,5-6H2. The summed E-state index contributed by atoms with van der Waals surface area (Å²) >= 11 is 4.38. The van der Waals surface area contributed by atoms with E-state index in [0.29, 0.717) is 18.9 Å². The molecule has 0 N–H and O–H groups in total. The molecule has 2 nitrogen and oxygen atoms in total. The minimum Gasteiger partial charge on any atom is -0.492 e. The Morgan fingerprint density at radius 1 is 1.38 bits per heavy atom. The molecule has 1 aromatic rings. The maximum Gasteiger partial charge on any atom is 0.123 e. The van der Waals surface area contributed by atoms with Gasteiger partial charge >= 0.3 is 0 Å². The number of isothiocyanates is 1. The van der Waals surface area contributed by atoms with Crippen molar-refractivity contribution in [1.82, 2.24) is 0 Å². The zero-order valence-corrected chi connectivity index (χ0v) is 7.68. The fraction of sp³-hybridized carbons (Fsp3) is 0.222. The second kappa shape index (κ2) is 5.41. The lowest BCUT2D eigenvalue weighted by Crippen LogP contribution is -2.00. The minimum absolute atomic E-state index is 0.274. The Morgan fingerprint density at radius 3 is 2.69 bits per heavy atom. The first-order valence-electron chi connectivity index (χ1n) is 3.75. The van der Waals surface area contributed by atoms with Crippen LogP contribution < -0.4 is 4.74 Å². The Kier molecular flexibility index (Phi) is 4.09. The van der Waals surface area contributed by atoms with Gasteiger partial charge in [0.05, 0.1) is 11.7 Å². The maximum atomic E-state index is 12.4. The molecule has 0 aliphatic heterocycles. The van der Waals surface area contributed by atoms with E-state index < -0.39 is 0 Å². The zero-order chi connectivity index (χ0) is 9.52. The lowest BCUT2D eigenvalue weighted by Gasteiger charge is -2.02. The Morgan fingerprint density at radius 2 is 2.08 bits per heavy atom. The van der Waals surface area contributed by atoms with E-state index in [9.17, 15) is 4.39 Å². The van der Waals surface area contributed by atoms with Crippen LogP contribution in [-0.2, 0) is 0 Å². The van der Waals surface area contributed by atoms with Crippen molar-refractivity contribution >= 4 is 17.4 Å². The topological polar surface area (TPSA) is 21.6 Å². The highest BCUT2D eigenvalue weighted by molar-refractivity contribution is 7.78. The molecule has 0 aliphatic rings. The fourth-order valence-corrected chi connectivity index (χ4v) is 0.877. The van der Waals surface area contributed by atoms with Gasteiger partial charge in [0.2, 0.25) is 0 Å². The number of ether oxygens (including phenoxy) is 1. The van der Waals surface area contributed by atoms with Crippen LogP contribution in [0.5, 0.6) is 5.75 Å². The molecule has 0 aromatic heterocycles. The first kappa shape index (κ1) is 9.84. The van der Waals surface area contributed by atoms with E-state index in [4.69, 9.17) is 4.74 Å². The molecule has 68 valence electrons. The molecular formula is C9H8FNOS. The Bertz CT molecular complexity index is 306. The number of aliphatic imine (C=N–C) groups is 1. The molecule has 1 aromatic carbocycles. The summed E-state index contributed by atoms with van der Waals surface area (Å²) in [4.78, 5) is 3.67. The third-order valence-electron chi connectivity index (χ3n) is 1.35. The monoisotopic (exact) mass is 197 g/mol. The van der Waals surface area contributed by atoms with E-state index in [1.807, 2.05) is 0 Å². The van der Waals surface area contributed by atoms with Gasteiger partial charge in [0.15, 0.2) is 0 Å². The van der Waals surface area contributed by atoms with Crippen LogP contribution in [0.4, 0.5) is 4.39 Å².